The molecule has 1 atom stereocenters. The van der Waals surface area contributed by atoms with Gasteiger partial charge in [-0.2, -0.15) is 0 Å². The number of nitrogens with zero attached hydrogens (tertiary/aromatic N) is 1. The van der Waals surface area contributed by atoms with Gasteiger partial charge in [-0.05, 0) is 140 Å². The molecule has 1 unspecified atom stereocenters. The smallest absolute Gasteiger partial charge is 0.0468 e. The number of hydrogen-bond donors (Lipinski definition) is 0. The zero-order valence-corrected chi connectivity index (χ0v) is 27.7. The zero-order chi connectivity index (χ0) is 31.7. The second-order valence-corrected chi connectivity index (χ2v) is 14.5. The Hall–Kier alpha value is -4.88. The lowest BCUT2D eigenvalue weighted by Gasteiger charge is -2.28. The van der Waals surface area contributed by atoms with Gasteiger partial charge in [-0.1, -0.05) is 112 Å². The largest absolute Gasteiger partial charge is 0.310 e. The van der Waals surface area contributed by atoms with Crippen LogP contribution in [-0.4, -0.2) is 0 Å². The molecule has 0 heterocycles. The third-order valence-corrected chi connectivity index (χ3v) is 11.2. The molecular weight excluding hydrogens is 567 g/mol. The first-order chi connectivity index (χ1) is 23.0. The minimum absolute atomic E-state index is 0.0169. The minimum Gasteiger partial charge on any atom is -0.310 e. The molecule has 6 aromatic carbocycles. The van der Waals surface area contributed by atoms with E-state index in [1.54, 1.807) is 11.1 Å². The van der Waals surface area contributed by atoms with E-state index < -0.39 is 0 Å². The van der Waals surface area contributed by atoms with Crippen molar-refractivity contribution in [2.24, 2.45) is 5.92 Å². The van der Waals surface area contributed by atoms with Crippen molar-refractivity contribution in [1.29, 1.82) is 0 Å². The van der Waals surface area contributed by atoms with Gasteiger partial charge in [0.15, 0.2) is 0 Å². The summed E-state index contributed by atoms with van der Waals surface area (Å²) in [6, 6.07) is 43.6. The van der Waals surface area contributed by atoms with Crippen molar-refractivity contribution in [1.82, 2.24) is 0 Å². The second kappa shape index (κ2) is 10.8. The van der Waals surface area contributed by atoms with E-state index in [2.05, 4.69) is 153 Å². The van der Waals surface area contributed by atoms with E-state index >= 15 is 0 Å². The summed E-state index contributed by atoms with van der Waals surface area (Å²) in [6.07, 6.45) is 10.9. The summed E-state index contributed by atoms with van der Waals surface area (Å²) in [5.41, 5.74) is 15.0. The predicted octanol–water partition coefficient (Wildman–Crippen LogP) is 12.6. The van der Waals surface area contributed by atoms with Crippen LogP contribution >= 0.6 is 0 Å². The maximum absolute atomic E-state index is 2.47. The molecule has 0 amide bonds. The molecule has 0 N–H and O–H groups in total. The molecule has 0 fully saturated rings. The van der Waals surface area contributed by atoms with E-state index in [9.17, 15) is 0 Å². The molecule has 3 aliphatic carbocycles. The Morgan fingerprint density at radius 3 is 2.19 bits per heavy atom. The van der Waals surface area contributed by atoms with Gasteiger partial charge >= 0.3 is 0 Å². The fraction of sp³-hybridized carbons (Fsp3) is 0.217. The SMILES string of the molecule is CC1C=CC2=C(C1)c1cc(N(c3ccc(-c4ccccc4)cc3)c3ccc4ccc5c6c(ccc5c4c3)CCCC6)ccc1C2(C)C. The molecule has 230 valence electrons. The summed E-state index contributed by atoms with van der Waals surface area (Å²) in [5.74, 6) is 0.556. The molecule has 0 radical (unpaired) electrons. The van der Waals surface area contributed by atoms with E-state index in [1.807, 2.05) is 0 Å². The van der Waals surface area contributed by atoms with E-state index in [0.717, 1.165) is 6.42 Å². The first-order valence-corrected chi connectivity index (χ1v) is 17.5. The van der Waals surface area contributed by atoms with Crippen LogP contribution in [0.15, 0.2) is 133 Å². The van der Waals surface area contributed by atoms with E-state index in [4.69, 9.17) is 0 Å². The number of allylic oxidation sites excluding steroid dienone is 4. The molecular formula is C46H41N. The molecule has 0 bridgehead atoms. The van der Waals surface area contributed by atoms with Gasteiger partial charge in [-0.3, -0.25) is 0 Å². The second-order valence-electron chi connectivity index (χ2n) is 14.5. The first-order valence-electron chi connectivity index (χ1n) is 17.5. The molecule has 1 heteroatoms. The highest BCUT2D eigenvalue weighted by Crippen LogP contribution is 2.52. The lowest BCUT2D eigenvalue weighted by atomic mass is 9.79. The molecule has 0 aromatic heterocycles. The standard InChI is InChI=1S/C46H41N/c1-30-13-25-44-42(27-30)43-29-37(22-26-45(43)46(44,2)3)47(35-19-14-32(15-20-35)31-9-5-4-6-10-31)36-21-16-34-18-23-39-38-12-8-7-11-33(38)17-24-40(39)41(34)28-36/h4-6,9-10,13-26,28-30H,7-8,11-12,27H2,1-3H3. The average Bonchev–Trinajstić information content (AvgIpc) is 3.33. The van der Waals surface area contributed by atoms with Gasteiger partial charge in [0, 0.05) is 22.5 Å². The topological polar surface area (TPSA) is 3.24 Å². The van der Waals surface area contributed by atoms with Crippen LogP contribution in [0, 0.1) is 5.92 Å². The molecule has 0 saturated carbocycles. The summed E-state index contributed by atoms with van der Waals surface area (Å²) < 4.78 is 0. The maximum atomic E-state index is 2.47. The molecule has 47 heavy (non-hydrogen) atoms. The van der Waals surface area contributed by atoms with Crippen LogP contribution in [0.25, 0.3) is 38.2 Å². The Bertz CT molecular complexity index is 2250. The molecule has 1 nitrogen and oxygen atoms in total. The number of fused-ring (bicyclic) bond motifs is 7. The van der Waals surface area contributed by atoms with Crippen LogP contribution in [0.5, 0.6) is 0 Å². The lowest BCUT2D eigenvalue weighted by molar-refractivity contribution is 0.643. The van der Waals surface area contributed by atoms with Crippen molar-refractivity contribution in [3.05, 3.63) is 155 Å². The van der Waals surface area contributed by atoms with Crippen LogP contribution in [-0.2, 0) is 18.3 Å². The van der Waals surface area contributed by atoms with Gasteiger partial charge in [-0.15, -0.1) is 0 Å². The Kier molecular flexibility index (Phi) is 6.54. The molecule has 6 aromatic rings. The van der Waals surface area contributed by atoms with Gasteiger partial charge in [0.05, 0.1) is 0 Å². The predicted molar refractivity (Wildman–Crippen MR) is 201 cm³/mol. The minimum atomic E-state index is 0.0169. The van der Waals surface area contributed by atoms with Crippen LogP contribution < -0.4 is 4.90 Å². The van der Waals surface area contributed by atoms with Gasteiger partial charge in [0.1, 0.15) is 0 Å². The molecule has 0 aliphatic heterocycles. The number of anilines is 3. The first kappa shape index (κ1) is 28.4. The van der Waals surface area contributed by atoms with E-state index in [-0.39, 0.29) is 5.41 Å². The van der Waals surface area contributed by atoms with Crippen molar-refractivity contribution in [3.8, 4) is 11.1 Å². The summed E-state index contributed by atoms with van der Waals surface area (Å²) in [4.78, 5) is 2.47. The molecule has 3 aliphatic rings. The van der Waals surface area contributed by atoms with Crippen LogP contribution in [0.1, 0.15) is 62.3 Å². The number of aryl methyl sites for hydroxylation is 2. The maximum Gasteiger partial charge on any atom is 0.0468 e. The fourth-order valence-corrected chi connectivity index (χ4v) is 8.71. The summed E-state index contributed by atoms with van der Waals surface area (Å²) in [5, 5.41) is 5.44. The van der Waals surface area contributed by atoms with E-state index in [1.165, 1.54) is 97.7 Å². The van der Waals surface area contributed by atoms with Crippen molar-refractivity contribution >= 4 is 44.2 Å². The number of hydrogen-bond acceptors (Lipinski definition) is 1. The van der Waals surface area contributed by atoms with Crippen molar-refractivity contribution < 1.29 is 0 Å². The average molecular weight is 608 g/mol. The summed E-state index contributed by atoms with van der Waals surface area (Å²) in [6.45, 7) is 7.12. The van der Waals surface area contributed by atoms with Crippen molar-refractivity contribution in [2.45, 2.75) is 58.3 Å². The summed E-state index contributed by atoms with van der Waals surface area (Å²) in [7, 11) is 0. The molecule has 0 saturated heterocycles. The normalized spacial score (nSPS) is 17.9. The lowest BCUT2D eigenvalue weighted by Crippen LogP contribution is -2.17. The van der Waals surface area contributed by atoms with Gasteiger partial charge in [0.25, 0.3) is 0 Å². The third kappa shape index (κ3) is 4.59. The van der Waals surface area contributed by atoms with Crippen molar-refractivity contribution in [2.75, 3.05) is 4.90 Å². The monoisotopic (exact) mass is 607 g/mol. The number of rotatable bonds is 4. The third-order valence-electron chi connectivity index (χ3n) is 11.2. The van der Waals surface area contributed by atoms with Gasteiger partial charge in [0.2, 0.25) is 0 Å². The van der Waals surface area contributed by atoms with Gasteiger partial charge < -0.3 is 4.90 Å². The highest BCUT2D eigenvalue weighted by atomic mass is 15.1. The quantitative estimate of drug-likeness (QED) is 0.180. The highest BCUT2D eigenvalue weighted by molar-refractivity contribution is 6.10. The Morgan fingerprint density at radius 1 is 0.638 bits per heavy atom. The van der Waals surface area contributed by atoms with Crippen LogP contribution in [0.2, 0.25) is 0 Å². The van der Waals surface area contributed by atoms with Gasteiger partial charge in [-0.25, -0.2) is 0 Å². The highest BCUT2D eigenvalue weighted by Gasteiger charge is 2.38. The Morgan fingerprint density at radius 2 is 1.34 bits per heavy atom. The fourth-order valence-electron chi connectivity index (χ4n) is 8.71. The Balaban J connectivity index is 1.23. The van der Waals surface area contributed by atoms with Crippen LogP contribution in [0.4, 0.5) is 17.1 Å². The molecule has 0 spiro atoms. The zero-order valence-electron chi connectivity index (χ0n) is 27.7. The summed E-state index contributed by atoms with van der Waals surface area (Å²) >= 11 is 0. The molecule has 9 rings (SSSR count). The van der Waals surface area contributed by atoms with E-state index in [0.29, 0.717) is 5.92 Å². The van der Waals surface area contributed by atoms with Crippen molar-refractivity contribution in [3.63, 3.8) is 0 Å². The van der Waals surface area contributed by atoms with Crippen LogP contribution in [0.3, 0.4) is 0 Å². The number of benzene rings is 6. The Labute approximate surface area is 278 Å².